The molecular weight excluding hydrogens is 401 g/mol. The second-order valence-corrected chi connectivity index (χ2v) is 6.16. The Kier molecular flexibility index (Phi) is 4.97. The highest BCUT2D eigenvalue weighted by Crippen LogP contribution is 2.15. The van der Waals surface area contributed by atoms with E-state index in [2.05, 4.69) is 32.7 Å². The number of rotatable bonds is 3. The number of Topliss-reactive ketones (excluding diaryl/α,β-unsaturated/α-hetero) is 1. The SMILES string of the molecule is O=C(Cn1ncc2ncc(I)cc21)c1ccccccccc1. The first-order valence-electron chi connectivity index (χ1n) is 7.13. The van der Waals surface area contributed by atoms with E-state index >= 15 is 0 Å². The van der Waals surface area contributed by atoms with Gasteiger partial charge in [-0.05, 0) is 28.7 Å². The first kappa shape index (κ1) is 15.6. The van der Waals surface area contributed by atoms with Gasteiger partial charge in [-0.15, -0.1) is 0 Å². The van der Waals surface area contributed by atoms with E-state index in [-0.39, 0.29) is 12.3 Å². The van der Waals surface area contributed by atoms with Gasteiger partial charge in [0.2, 0.25) is 0 Å². The molecule has 0 bridgehead atoms. The van der Waals surface area contributed by atoms with Gasteiger partial charge in [0.15, 0.2) is 5.78 Å². The van der Waals surface area contributed by atoms with Crippen LogP contribution in [-0.4, -0.2) is 20.5 Å². The molecule has 5 heteroatoms. The summed E-state index contributed by atoms with van der Waals surface area (Å²) in [5, 5.41) is 4.28. The molecule has 3 rings (SSSR count). The number of fused-ring (bicyclic) bond motifs is 1. The molecule has 23 heavy (non-hydrogen) atoms. The fourth-order valence-electron chi connectivity index (χ4n) is 2.17. The lowest BCUT2D eigenvalue weighted by atomic mass is 10.1. The Morgan fingerprint density at radius 3 is 2.35 bits per heavy atom. The van der Waals surface area contributed by atoms with Crippen LogP contribution in [0.4, 0.5) is 0 Å². The highest BCUT2D eigenvalue weighted by Gasteiger charge is 2.10. The van der Waals surface area contributed by atoms with Crippen LogP contribution in [-0.2, 0) is 6.54 Å². The van der Waals surface area contributed by atoms with Gasteiger partial charge in [-0.1, -0.05) is 54.6 Å². The molecular formula is C18H14IN3O. The normalized spacial score (nSPS) is 10.3. The van der Waals surface area contributed by atoms with E-state index in [1.807, 2.05) is 60.7 Å². The quantitative estimate of drug-likeness (QED) is 0.479. The van der Waals surface area contributed by atoms with Gasteiger partial charge >= 0.3 is 0 Å². The molecule has 3 aromatic rings. The van der Waals surface area contributed by atoms with Crippen LogP contribution in [0.2, 0.25) is 0 Å². The average molecular weight is 415 g/mol. The second kappa shape index (κ2) is 7.32. The molecule has 4 nitrogen and oxygen atoms in total. The molecule has 0 aliphatic rings. The van der Waals surface area contributed by atoms with Crippen molar-refractivity contribution in [2.75, 3.05) is 0 Å². The smallest absolute Gasteiger partial charge is 0.184 e. The molecule has 0 radical (unpaired) electrons. The van der Waals surface area contributed by atoms with Gasteiger partial charge in [-0.25, -0.2) is 0 Å². The van der Waals surface area contributed by atoms with Crippen molar-refractivity contribution >= 4 is 39.4 Å². The number of hydrogen-bond donors (Lipinski definition) is 0. The molecule has 0 spiro atoms. The molecule has 1 aromatic carbocycles. The molecule has 114 valence electrons. The molecule has 0 fully saturated rings. The molecule has 2 heterocycles. The van der Waals surface area contributed by atoms with Gasteiger partial charge in [0.1, 0.15) is 12.1 Å². The van der Waals surface area contributed by atoms with Crippen molar-refractivity contribution in [3.8, 4) is 0 Å². The molecule has 0 amide bonds. The summed E-state index contributed by atoms with van der Waals surface area (Å²) >= 11 is 2.20. The van der Waals surface area contributed by atoms with E-state index < -0.39 is 0 Å². The first-order chi connectivity index (χ1) is 11.2. The zero-order chi connectivity index (χ0) is 16.1. The van der Waals surface area contributed by atoms with Crippen LogP contribution in [0.15, 0.2) is 73.1 Å². The van der Waals surface area contributed by atoms with Gasteiger partial charge in [0.05, 0.1) is 11.7 Å². The van der Waals surface area contributed by atoms with E-state index in [0.29, 0.717) is 5.56 Å². The Hall–Kier alpha value is -2.28. The summed E-state index contributed by atoms with van der Waals surface area (Å²) in [6.45, 7) is 0.189. The minimum Gasteiger partial charge on any atom is -0.292 e. The number of ketones is 1. The topological polar surface area (TPSA) is 47.8 Å². The van der Waals surface area contributed by atoms with Crippen LogP contribution >= 0.6 is 22.6 Å². The predicted octanol–water partition coefficient (Wildman–Crippen LogP) is 4.04. The summed E-state index contributed by atoms with van der Waals surface area (Å²) < 4.78 is 2.71. The summed E-state index contributed by atoms with van der Waals surface area (Å²) in [5.41, 5.74) is 2.30. The Balaban J connectivity index is 1.93. The minimum absolute atomic E-state index is 0.00714. The molecule has 0 unspecified atom stereocenters. The van der Waals surface area contributed by atoms with E-state index in [1.165, 1.54) is 0 Å². The van der Waals surface area contributed by atoms with Crippen LogP contribution in [0, 0.1) is 3.57 Å². The summed E-state index contributed by atoms with van der Waals surface area (Å²) in [6, 6.07) is 18.9. The van der Waals surface area contributed by atoms with Crippen molar-refractivity contribution in [1.29, 1.82) is 0 Å². The average Bonchev–Trinajstić information content (AvgIpc) is 2.94. The minimum atomic E-state index is 0.00714. The van der Waals surface area contributed by atoms with E-state index in [1.54, 1.807) is 17.1 Å². The summed E-state index contributed by atoms with van der Waals surface area (Å²) in [6.07, 6.45) is 3.47. The molecule has 0 saturated heterocycles. The molecule has 0 aliphatic carbocycles. The summed E-state index contributed by atoms with van der Waals surface area (Å²) in [7, 11) is 0. The Morgan fingerprint density at radius 1 is 1.00 bits per heavy atom. The summed E-state index contributed by atoms with van der Waals surface area (Å²) in [5.74, 6) is 0.00714. The number of carbonyl (C=O) groups excluding carboxylic acids is 1. The van der Waals surface area contributed by atoms with Gasteiger partial charge in [-0.3, -0.25) is 14.5 Å². The first-order valence-corrected chi connectivity index (χ1v) is 8.20. The fourth-order valence-corrected chi connectivity index (χ4v) is 2.60. The molecule has 0 aliphatic heterocycles. The highest BCUT2D eigenvalue weighted by molar-refractivity contribution is 14.1. The van der Waals surface area contributed by atoms with E-state index in [0.717, 1.165) is 14.6 Å². The van der Waals surface area contributed by atoms with Crippen LogP contribution in [0.1, 0.15) is 10.4 Å². The van der Waals surface area contributed by atoms with Gasteiger partial charge in [0, 0.05) is 15.3 Å². The van der Waals surface area contributed by atoms with E-state index in [9.17, 15) is 4.79 Å². The van der Waals surface area contributed by atoms with Crippen molar-refractivity contribution in [2.45, 2.75) is 6.54 Å². The van der Waals surface area contributed by atoms with Crippen LogP contribution in [0.3, 0.4) is 0 Å². The van der Waals surface area contributed by atoms with Crippen molar-refractivity contribution in [1.82, 2.24) is 14.8 Å². The predicted molar refractivity (Wildman–Crippen MR) is 98.6 cm³/mol. The van der Waals surface area contributed by atoms with Crippen LogP contribution in [0.25, 0.3) is 11.0 Å². The molecule has 0 N–H and O–H groups in total. The van der Waals surface area contributed by atoms with Gasteiger partial charge < -0.3 is 0 Å². The fraction of sp³-hybridized carbons (Fsp3) is 0.0556. The lowest BCUT2D eigenvalue weighted by Crippen LogP contribution is -2.11. The van der Waals surface area contributed by atoms with Gasteiger partial charge in [0.25, 0.3) is 0 Å². The lowest BCUT2D eigenvalue weighted by Gasteiger charge is -2.02. The Morgan fingerprint density at radius 2 is 1.65 bits per heavy atom. The maximum absolute atomic E-state index is 12.6. The van der Waals surface area contributed by atoms with Crippen LogP contribution < -0.4 is 0 Å². The molecule has 0 saturated carbocycles. The zero-order valence-electron chi connectivity index (χ0n) is 12.3. The summed E-state index contributed by atoms with van der Waals surface area (Å²) in [4.78, 5) is 16.9. The number of hydrogen-bond acceptors (Lipinski definition) is 3. The van der Waals surface area contributed by atoms with Crippen molar-refractivity contribution in [3.63, 3.8) is 0 Å². The Bertz CT molecular complexity index is 878. The van der Waals surface area contributed by atoms with Crippen molar-refractivity contribution in [3.05, 3.63) is 82.2 Å². The third kappa shape index (κ3) is 3.92. The van der Waals surface area contributed by atoms with Crippen LogP contribution in [0.5, 0.6) is 0 Å². The second-order valence-electron chi connectivity index (χ2n) is 4.92. The Labute approximate surface area is 147 Å². The number of aromatic nitrogens is 3. The number of pyridine rings is 1. The van der Waals surface area contributed by atoms with Crippen molar-refractivity contribution < 1.29 is 4.79 Å². The molecule has 0 atom stereocenters. The zero-order valence-corrected chi connectivity index (χ0v) is 14.4. The third-order valence-corrected chi connectivity index (χ3v) is 3.89. The molecule has 2 aromatic heterocycles. The number of nitrogens with zero attached hydrogens (tertiary/aromatic N) is 3. The van der Waals surface area contributed by atoms with E-state index in [4.69, 9.17) is 0 Å². The number of carbonyl (C=O) groups is 1. The maximum Gasteiger partial charge on any atom is 0.184 e. The maximum atomic E-state index is 12.6. The van der Waals surface area contributed by atoms with Gasteiger partial charge in [-0.2, -0.15) is 5.10 Å². The largest absolute Gasteiger partial charge is 0.292 e. The third-order valence-electron chi connectivity index (χ3n) is 3.30. The monoisotopic (exact) mass is 415 g/mol. The van der Waals surface area contributed by atoms with Crippen molar-refractivity contribution in [2.24, 2.45) is 0 Å². The highest BCUT2D eigenvalue weighted by atomic mass is 127. The standard InChI is InChI=1S/C18H14IN3O/c19-15-10-17-16(20-11-15)12-21-22(17)13-18(23)14-8-6-4-2-1-3-5-7-9-14/h1-12H,13H2. The number of halogens is 1. The lowest BCUT2D eigenvalue weighted by molar-refractivity contribution is 0.0969.